The quantitative estimate of drug-likeness (QED) is 0.859. The van der Waals surface area contributed by atoms with Crippen LogP contribution in [0.5, 0.6) is 11.5 Å². The predicted molar refractivity (Wildman–Crippen MR) is 98.3 cm³/mol. The van der Waals surface area contributed by atoms with E-state index in [2.05, 4.69) is 10.2 Å². The lowest BCUT2D eigenvalue weighted by Crippen LogP contribution is -2.32. The normalized spacial score (nSPS) is 14.2. The molecule has 6 heteroatoms. The van der Waals surface area contributed by atoms with Gasteiger partial charge in [-0.2, -0.15) is 0 Å². The van der Waals surface area contributed by atoms with Crippen molar-refractivity contribution in [2.75, 3.05) is 25.1 Å². The first-order valence-electron chi connectivity index (χ1n) is 8.77. The van der Waals surface area contributed by atoms with Crippen LogP contribution in [0.4, 0.5) is 10.1 Å². The number of benzene rings is 2. The molecule has 138 valence electrons. The molecule has 0 bridgehead atoms. The van der Waals surface area contributed by atoms with E-state index in [0.29, 0.717) is 11.3 Å². The molecule has 3 rings (SSSR count). The molecule has 1 saturated heterocycles. The fraction of sp³-hybridized carbons (Fsp3) is 0.350. The molecule has 1 amide bonds. The number of aromatic hydroxyl groups is 1. The number of halogens is 1. The SMILES string of the molecule is COc1ccc(CNC(=O)c2cc(F)ccc2N2CCCCC2)cc1O. The Kier molecular flexibility index (Phi) is 5.61. The van der Waals surface area contributed by atoms with Crippen molar-refractivity contribution in [1.29, 1.82) is 0 Å². The van der Waals surface area contributed by atoms with Gasteiger partial charge in [0.2, 0.25) is 0 Å². The number of hydrogen-bond donors (Lipinski definition) is 2. The fourth-order valence-corrected chi connectivity index (χ4v) is 3.22. The lowest BCUT2D eigenvalue weighted by atomic mass is 10.1. The smallest absolute Gasteiger partial charge is 0.253 e. The molecule has 2 N–H and O–H groups in total. The van der Waals surface area contributed by atoms with Crippen LogP contribution in [0.25, 0.3) is 0 Å². The summed E-state index contributed by atoms with van der Waals surface area (Å²) in [7, 11) is 1.47. The van der Waals surface area contributed by atoms with Gasteiger partial charge in [-0.1, -0.05) is 6.07 Å². The Hall–Kier alpha value is -2.76. The summed E-state index contributed by atoms with van der Waals surface area (Å²) in [6.07, 6.45) is 3.33. The second-order valence-electron chi connectivity index (χ2n) is 6.40. The molecule has 1 fully saturated rings. The van der Waals surface area contributed by atoms with Crippen LogP contribution in [0.2, 0.25) is 0 Å². The maximum absolute atomic E-state index is 13.7. The van der Waals surface area contributed by atoms with Crippen LogP contribution in [-0.2, 0) is 6.54 Å². The highest BCUT2D eigenvalue weighted by atomic mass is 19.1. The van der Waals surface area contributed by atoms with E-state index >= 15 is 0 Å². The minimum absolute atomic E-state index is 0.0130. The van der Waals surface area contributed by atoms with Crippen molar-refractivity contribution in [3.8, 4) is 11.5 Å². The molecule has 2 aromatic carbocycles. The van der Waals surface area contributed by atoms with Crippen LogP contribution in [-0.4, -0.2) is 31.2 Å². The molecule has 1 heterocycles. The molecule has 0 atom stereocenters. The maximum Gasteiger partial charge on any atom is 0.253 e. The monoisotopic (exact) mass is 358 g/mol. The summed E-state index contributed by atoms with van der Waals surface area (Å²) in [6, 6.07) is 9.28. The number of carbonyl (C=O) groups excluding carboxylic acids is 1. The molecule has 26 heavy (non-hydrogen) atoms. The first kappa shape index (κ1) is 18.0. The Morgan fingerprint density at radius 1 is 1.19 bits per heavy atom. The summed E-state index contributed by atoms with van der Waals surface area (Å²) < 4.78 is 18.7. The molecule has 0 aromatic heterocycles. The Bertz CT molecular complexity index is 789. The zero-order chi connectivity index (χ0) is 18.5. The highest BCUT2D eigenvalue weighted by molar-refractivity contribution is 5.99. The Morgan fingerprint density at radius 2 is 1.96 bits per heavy atom. The van der Waals surface area contributed by atoms with Crippen LogP contribution in [0.3, 0.4) is 0 Å². The van der Waals surface area contributed by atoms with Gasteiger partial charge in [-0.05, 0) is 55.2 Å². The molecular formula is C20H23FN2O3. The van der Waals surface area contributed by atoms with E-state index in [4.69, 9.17) is 4.74 Å². The zero-order valence-electron chi connectivity index (χ0n) is 14.8. The number of rotatable bonds is 5. The van der Waals surface area contributed by atoms with Gasteiger partial charge in [0.15, 0.2) is 11.5 Å². The van der Waals surface area contributed by atoms with E-state index in [-0.39, 0.29) is 18.2 Å². The van der Waals surface area contributed by atoms with Crippen LogP contribution in [0, 0.1) is 5.82 Å². The van der Waals surface area contributed by atoms with Crippen LogP contribution in [0.1, 0.15) is 35.2 Å². The number of phenols is 1. The molecule has 2 aromatic rings. The average molecular weight is 358 g/mol. The Labute approximate surface area is 152 Å². The van der Waals surface area contributed by atoms with Gasteiger partial charge in [0, 0.05) is 25.3 Å². The van der Waals surface area contributed by atoms with Gasteiger partial charge in [-0.3, -0.25) is 4.79 Å². The third-order valence-corrected chi connectivity index (χ3v) is 4.60. The zero-order valence-corrected chi connectivity index (χ0v) is 14.8. The van der Waals surface area contributed by atoms with Gasteiger partial charge < -0.3 is 20.1 Å². The van der Waals surface area contributed by atoms with Gasteiger partial charge in [-0.25, -0.2) is 4.39 Å². The van der Waals surface area contributed by atoms with Gasteiger partial charge in [0.05, 0.1) is 12.7 Å². The summed E-state index contributed by atoms with van der Waals surface area (Å²) in [5, 5.41) is 12.6. The minimum Gasteiger partial charge on any atom is -0.504 e. The highest BCUT2D eigenvalue weighted by Crippen LogP contribution is 2.27. The number of nitrogens with one attached hydrogen (secondary N) is 1. The van der Waals surface area contributed by atoms with Crippen LogP contribution < -0.4 is 15.0 Å². The number of methoxy groups -OCH3 is 1. The molecule has 0 radical (unpaired) electrons. The Morgan fingerprint density at radius 3 is 2.65 bits per heavy atom. The average Bonchev–Trinajstić information content (AvgIpc) is 2.67. The number of phenolic OH excluding ortho intramolecular Hbond substituents is 1. The van der Waals surface area contributed by atoms with Crippen molar-refractivity contribution in [3.63, 3.8) is 0 Å². The van der Waals surface area contributed by atoms with E-state index in [9.17, 15) is 14.3 Å². The molecule has 5 nitrogen and oxygen atoms in total. The first-order valence-corrected chi connectivity index (χ1v) is 8.77. The third-order valence-electron chi connectivity index (χ3n) is 4.60. The summed E-state index contributed by atoms with van der Waals surface area (Å²) in [5.74, 6) is -0.380. The van der Waals surface area contributed by atoms with E-state index < -0.39 is 5.82 Å². The summed E-state index contributed by atoms with van der Waals surface area (Å²) >= 11 is 0. The lowest BCUT2D eigenvalue weighted by Gasteiger charge is -2.30. The van der Waals surface area contributed by atoms with Gasteiger partial charge in [0.25, 0.3) is 5.91 Å². The predicted octanol–water partition coefficient (Wildman–Crippen LogP) is 3.46. The van der Waals surface area contributed by atoms with Gasteiger partial charge in [-0.15, -0.1) is 0 Å². The standard InChI is InChI=1S/C20H23FN2O3/c1-26-19-8-5-14(11-18(19)24)13-22-20(25)16-12-15(21)6-7-17(16)23-9-3-2-4-10-23/h5-8,11-12,24H,2-4,9-10,13H2,1H3,(H,22,25). The molecule has 0 spiro atoms. The van der Waals surface area contributed by atoms with Crippen LogP contribution in [0.15, 0.2) is 36.4 Å². The molecule has 0 saturated carbocycles. The van der Waals surface area contributed by atoms with Crippen molar-refractivity contribution in [3.05, 3.63) is 53.3 Å². The summed E-state index contributed by atoms with van der Waals surface area (Å²) in [6.45, 7) is 1.98. The third kappa shape index (κ3) is 4.07. The topological polar surface area (TPSA) is 61.8 Å². The summed E-state index contributed by atoms with van der Waals surface area (Å²) in [5.41, 5.74) is 1.83. The number of carbonyl (C=O) groups is 1. The van der Waals surface area contributed by atoms with Crippen molar-refractivity contribution in [1.82, 2.24) is 5.32 Å². The fourth-order valence-electron chi connectivity index (χ4n) is 3.22. The van der Waals surface area contributed by atoms with Gasteiger partial charge >= 0.3 is 0 Å². The first-order chi connectivity index (χ1) is 12.6. The van der Waals surface area contributed by atoms with Crippen molar-refractivity contribution >= 4 is 11.6 Å². The van der Waals surface area contributed by atoms with Crippen molar-refractivity contribution in [2.45, 2.75) is 25.8 Å². The lowest BCUT2D eigenvalue weighted by molar-refractivity contribution is 0.0951. The van der Waals surface area contributed by atoms with E-state index in [1.54, 1.807) is 18.2 Å². The van der Waals surface area contributed by atoms with Crippen molar-refractivity contribution in [2.24, 2.45) is 0 Å². The van der Waals surface area contributed by atoms with Crippen LogP contribution >= 0.6 is 0 Å². The number of anilines is 1. The second kappa shape index (κ2) is 8.08. The maximum atomic E-state index is 13.7. The number of hydrogen-bond acceptors (Lipinski definition) is 4. The van der Waals surface area contributed by atoms with Crippen molar-refractivity contribution < 1.29 is 19.0 Å². The van der Waals surface area contributed by atoms with E-state index in [1.165, 1.54) is 31.7 Å². The summed E-state index contributed by atoms with van der Waals surface area (Å²) in [4.78, 5) is 14.8. The molecule has 1 aliphatic rings. The molecule has 1 aliphatic heterocycles. The number of amides is 1. The largest absolute Gasteiger partial charge is 0.504 e. The Balaban J connectivity index is 1.74. The number of nitrogens with zero attached hydrogens (tertiary/aromatic N) is 1. The minimum atomic E-state index is -0.432. The van der Waals surface area contributed by atoms with E-state index in [1.807, 2.05) is 0 Å². The number of piperidine rings is 1. The molecule has 0 aliphatic carbocycles. The van der Waals surface area contributed by atoms with E-state index in [0.717, 1.165) is 37.2 Å². The van der Waals surface area contributed by atoms with Gasteiger partial charge in [0.1, 0.15) is 5.82 Å². The molecule has 0 unspecified atom stereocenters. The highest BCUT2D eigenvalue weighted by Gasteiger charge is 2.19. The number of ether oxygens (including phenoxy) is 1. The second-order valence-corrected chi connectivity index (χ2v) is 6.40. The molecular weight excluding hydrogens is 335 g/mol.